The van der Waals surface area contributed by atoms with E-state index in [0.717, 1.165) is 9.13 Å². The van der Waals surface area contributed by atoms with Crippen molar-refractivity contribution in [1.82, 2.24) is 0 Å². The molecule has 1 nitrogen and oxygen atoms in total. The quantitative estimate of drug-likeness (QED) is 0.774. The van der Waals surface area contributed by atoms with Gasteiger partial charge in [-0.15, -0.1) is 0 Å². The zero-order valence-electron chi connectivity index (χ0n) is 8.49. The zero-order valence-corrected chi connectivity index (χ0v) is 10.6. The van der Waals surface area contributed by atoms with Gasteiger partial charge >= 0.3 is 0 Å². The summed E-state index contributed by atoms with van der Waals surface area (Å²) in [7, 11) is 0. The predicted octanol–water partition coefficient (Wildman–Crippen LogP) is 4.01. The Morgan fingerprint density at radius 3 is 2.50 bits per heavy atom. The lowest BCUT2D eigenvalue weighted by Gasteiger charge is -2.07. The molecule has 2 aromatic rings. The maximum Gasteiger partial charge on any atom is 0.166 e. The summed E-state index contributed by atoms with van der Waals surface area (Å²) in [6.07, 6.45) is 0. The Hall–Kier alpha value is -1.10. The van der Waals surface area contributed by atoms with E-state index in [4.69, 9.17) is 4.74 Å². The van der Waals surface area contributed by atoms with Gasteiger partial charge in [0.15, 0.2) is 11.6 Å². The lowest BCUT2D eigenvalue weighted by molar-refractivity contribution is 0.290. The highest BCUT2D eigenvalue weighted by Gasteiger charge is 2.03. The molecule has 0 unspecified atom stereocenters. The Bertz CT molecular complexity index is 471. The predicted molar refractivity (Wildman–Crippen MR) is 69.9 cm³/mol. The minimum absolute atomic E-state index is 0.296. The van der Waals surface area contributed by atoms with Crippen molar-refractivity contribution in [2.75, 3.05) is 0 Å². The number of rotatable bonds is 3. The Balaban J connectivity index is 2.05. The fraction of sp³-hybridized carbons (Fsp3) is 0.0769. The lowest BCUT2D eigenvalue weighted by atomic mass is 10.2. The molecular weight excluding hydrogens is 318 g/mol. The van der Waals surface area contributed by atoms with Crippen LogP contribution in [0, 0.1) is 9.39 Å². The molecule has 0 aliphatic carbocycles. The molecule has 0 saturated heterocycles. The summed E-state index contributed by atoms with van der Waals surface area (Å²) < 4.78 is 19.7. The van der Waals surface area contributed by atoms with Crippen molar-refractivity contribution in [1.29, 1.82) is 0 Å². The normalized spacial score (nSPS) is 10.1. The van der Waals surface area contributed by atoms with E-state index < -0.39 is 0 Å². The first-order valence-corrected chi connectivity index (χ1v) is 5.95. The fourth-order valence-corrected chi connectivity index (χ4v) is 1.78. The van der Waals surface area contributed by atoms with Crippen molar-refractivity contribution in [3.63, 3.8) is 0 Å². The van der Waals surface area contributed by atoms with Gasteiger partial charge in [0.1, 0.15) is 6.61 Å². The molecule has 82 valence electrons. The summed E-state index contributed by atoms with van der Waals surface area (Å²) >= 11 is 2.07. The van der Waals surface area contributed by atoms with Crippen molar-refractivity contribution < 1.29 is 9.13 Å². The highest BCUT2D eigenvalue weighted by Crippen LogP contribution is 2.20. The van der Waals surface area contributed by atoms with Gasteiger partial charge < -0.3 is 4.74 Å². The zero-order chi connectivity index (χ0) is 11.4. The van der Waals surface area contributed by atoms with Crippen LogP contribution < -0.4 is 4.74 Å². The molecule has 2 aromatic carbocycles. The van der Waals surface area contributed by atoms with Gasteiger partial charge in [-0.2, -0.15) is 0 Å². The van der Waals surface area contributed by atoms with Crippen LogP contribution in [0.3, 0.4) is 0 Å². The van der Waals surface area contributed by atoms with Gasteiger partial charge in [-0.1, -0.05) is 30.3 Å². The van der Waals surface area contributed by atoms with E-state index in [1.54, 1.807) is 6.07 Å². The third kappa shape index (κ3) is 2.95. The number of halogens is 2. The van der Waals surface area contributed by atoms with Gasteiger partial charge in [0, 0.05) is 3.57 Å². The highest BCUT2D eigenvalue weighted by molar-refractivity contribution is 14.1. The molecule has 0 aromatic heterocycles. The Labute approximate surface area is 107 Å². The van der Waals surface area contributed by atoms with Crippen LogP contribution in [0.5, 0.6) is 5.75 Å². The summed E-state index contributed by atoms with van der Waals surface area (Å²) in [6, 6.07) is 14.6. The van der Waals surface area contributed by atoms with E-state index in [0.29, 0.717) is 12.4 Å². The van der Waals surface area contributed by atoms with E-state index in [-0.39, 0.29) is 5.82 Å². The molecule has 0 fully saturated rings. The van der Waals surface area contributed by atoms with E-state index >= 15 is 0 Å². The van der Waals surface area contributed by atoms with Crippen LogP contribution in [-0.2, 0) is 6.61 Å². The first-order chi connectivity index (χ1) is 7.75. The second-order valence-electron chi connectivity index (χ2n) is 3.35. The number of hydrogen-bond donors (Lipinski definition) is 0. The molecule has 0 aliphatic heterocycles. The van der Waals surface area contributed by atoms with Crippen LogP contribution in [0.2, 0.25) is 0 Å². The topological polar surface area (TPSA) is 9.23 Å². The monoisotopic (exact) mass is 328 g/mol. The van der Waals surface area contributed by atoms with Crippen LogP contribution in [0.25, 0.3) is 0 Å². The molecule has 0 bridgehead atoms. The number of benzene rings is 2. The number of hydrogen-bond acceptors (Lipinski definition) is 1. The Morgan fingerprint density at radius 2 is 1.81 bits per heavy atom. The summed E-state index contributed by atoms with van der Waals surface area (Å²) in [5, 5.41) is 0. The average molecular weight is 328 g/mol. The van der Waals surface area contributed by atoms with Gasteiger partial charge in [-0.3, -0.25) is 0 Å². The Morgan fingerprint density at radius 1 is 1.06 bits per heavy atom. The largest absolute Gasteiger partial charge is 0.486 e. The molecule has 0 aliphatic rings. The minimum Gasteiger partial charge on any atom is -0.486 e. The second-order valence-corrected chi connectivity index (χ2v) is 4.59. The van der Waals surface area contributed by atoms with Crippen molar-refractivity contribution in [2.24, 2.45) is 0 Å². The van der Waals surface area contributed by atoms with Crippen molar-refractivity contribution in [3.05, 3.63) is 63.5 Å². The van der Waals surface area contributed by atoms with Crippen LogP contribution >= 0.6 is 22.6 Å². The standard InChI is InChI=1S/C13H10FIO/c14-12-8-11(15)6-7-13(12)16-9-10-4-2-1-3-5-10/h1-8H,9H2. The van der Waals surface area contributed by atoms with E-state index in [1.807, 2.05) is 36.4 Å². The SMILES string of the molecule is Fc1cc(I)ccc1OCc1ccccc1. The number of ether oxygens (including phenoxy) is 1. The summed E-state index contributed by atoms with van der Waals surface area (Å²) in [5.74, 6) is -0.0212. The molecule has 16 heavy (non-hydrogen) atoms. The van der Waals surface area contributed by atoms with Crippen molar-refractivity contribution in [3.8, 4) is 5.75 Å². The lowest BCUT2D eigenvalue weighted by Crippen LogP contribution is -1.97. The molecule has 0 heterocycles. The molecule has 0 saturated carbocycles. The molecule has 0 radical (unpaired) electrons. The maximum atomic E-state index is 13.4. The van der Waals surface area contributed by atoms with Crippen LogP contribution in [0.1, 0.15) is 5.56 Å². The van der Waals surface area contributed by atoms with Gasteiger partial charge in [0.2, 0.25) is 0 Å². The Kier molecular flexibility index (Phi) is 3.77. The van der Waals surface area contributed by atoms with Crippen LogP contribution in [0.4, 0.5) is 4.39 Å². The van der Waals surface area contributed by atoms with E-state index in [9.17, 15) is 4.39 Å². The maximum absolute atomic E-state index is 13.4. The fourth-order valence-electron chi connectivity index (χ4n) is 1.33. The first-order valence-electron chi connectivity index (χ1n) is 4.87. The van der Waals surface area contributed by atoms with E-state index in [1.165, 1.54) is 6.07 Å². The summed E-state index contributed by atoms with van der Waals surface area (Å²) in [6.45, 7) is 0.387. The summed E-state index contributed by atoms with van der Waals surface area (Å²) in [4.78, 5) is 0. The third-order valence-corrected chi connectivity index (χ3v) is 2.80. The summed E-state index contributed by atoms with van der Waals surface area (Å²) in [5.41, 5.74) is 1.03. The second kappa shape index (κ2) is 5.30. The first kappa shape index (κ1) is 11.4. The van der Waals surface area contributed by atoms with Gasteiger partial charge in [-0.25, -0.2) is 4.39 Å². The molecule has 0 amide bonds. The third-order valence-electron chi connectivity index (χ3n) is 2.13. The van der Waals surface area contributed by atoms with Gasteiger partial charge in [0.05, 0.1) is 0 Å². The average Bonchev–Trinajstić information content (AvgIpc) is 2.29. The molecule has 2 rings (SSSR count). The molecule has 0 atom stereocenters. The smallest absolute Gasteiger partial charge is 0.166 e. The van der Waals surface area contributed by atoms with Gasteiger partial charge in [-0.05, 0) is 46.4 Å². The van der Waals surface area contributed by atoms with Crippen LogP contribution in [0.15, 0.2) is 48.5 Å². The van der Waals surface area contributed by atoms with Crippen molar-refractivity contribution in [2.45, 2.75) is 6.61 Å². The minimum atomic E-state index is -0.317. The molecule has 0 spiro atoms. The molecular formula is C13H10FIO. The molecule has 3 heteroatoms. The molecule has 0 N–H and O–H groups in total. The van der Waals surface area contributed by atoms with Gasteiger partial charge in [0.25, 0.3) is 0 Å². The van der Waals surface area contributed by atoms with Crippen molar-refractivity contribution >= 4 is 22.6 Å². The van der Waals surface area contributed by atoms with E-state index in [2.05, 4.69) is 22.6 Å². The highest BCUT2D eigenvalue weighted by atomic mass is 127. The van der Waals surface area contributed by atoms with Crippen LogP contribution in [-0.4, -0.2) is 0 Å².